The second kappa shape index (κ2) is 4.36. The van der Waals surface area contributed by atoms with Crippen molar-refractivity contribution in [3.8, 4) is 16.6 Å². The molecule has 0 bridgehead atoms. The number of methoxy groups -OCH3 is 1. The molecule has 0 N–H and O–H groups in total. The minimum atomic E-state index is 0.00442. The number of aromatic nitrogens is 3. The summed E-state index contributed by atoms with van der Waals surface area (Å²) in [6.07, 6.45) is 2.96. The summed E-state index contributed by atoms with van der Waals surface area (Å²) in [5, 5.41) is 0.686. The molecule has 82 valence electrons. The summed E-state index contributed by atoms with van der Waals surface area (Å²) in [6.45, 7) is 1.51. The quantitative estimate of drug-likeness (QED) is 0.759. The lowest BCUT2D eigenvalue weighted by atomic mass is 10.4. The maximum Gasteiger partial charge on any atom is 0.216 e. The van der Waals surface area contributed by atoms with E-state index in [1.165, 1.54) is 31.7 Å². The van der Waals surface area contributed by atoms with E-state index in [1.807, 2.05) is 0 Å². The highest BCUT2D eigenvalue weighted by molar-refractivity contribution is 7.16. The Balaban J connectivity index is 2.38. The number of thiazole rings is 1. The Kier molecular flexibility index (Phi) is 2.91. The third-order valence-corrected chi connectivity index (χ3v) is 3.04. The van der Waals surface area contributed by atoms with Crippen molar-refractivity contribution < 1.29 is 9.53 Å². The van der Waals surface area contributed by atoms with Gasteiger partial charge in [-0.15, -0.1) is 11.3 Å². The molecule has 16 heavy (non-hydrogen) atoms. The molecule has 2 aromatic rings. The molecule has 2 rings (SSSR count). The van der Waals surface area contributed by atoms with Gasteiger partial charge in [0, 0.05) is 19.2 Å². The highest BCUT2D eigenvalue weighted by Gasteiger charge is 2.09. The molecule has 5 nitrogen and oxygen atoms in total. The normalized spacial score (nSPS) is 10.1. The van der Waals surface area contributed by atoms with Crippen molar-refractivity contribution in [3.05, 3.63) is 23.5 Å². The SMILES string of the molecule is COc1cc(-c2ncc(C(C)=O)s2)ncn1. The van der Waals surface area contributed by atoms with Crippen molar-refractivity contribution in [2.24, 2.45) is 0 Å². The fourth-order valence-corrected chi connectivity index (χ4v) is 1.90. The van der Waals surface area contributed by atoms with Crippen LogP contribution in [0.3, 0.4) is 0 Å². The Bertz CT molecular complexity index is 524. The number of ketones is 1. The summed E-state index contributed by atoms with van der Waals surface area (Å²) in [5.74, 6) is 0.481. The van der Waals surface area contributed by atoms with Crippen molar-refractivity contribution in [1.82, 2.24) is 15.0 Å². The molecule has 0 fully saturated rings. The monoisotopic (exact) mass is 235 g/mol. The van der Waals surface area contributed by atoms with E-state index < -0.39 is 0 Å². The summed E-state index contributed by atoms with van der Waals surface area (Å²) in [5.41, 5.74) is 0.657. The molecular formula is C10H9N3O2S. The van der Waals surface area contributed by atoms with Crippen LogP contribution in [0.25, 0.3) is 10.7 Å². The first kappa shape index (κ1) is 10.7. The summed E-state index contributed by atoms with van der Waals surface area (Å²) in [7, 11) is 1.54. The maximum absolute atomic E-state index is 11.1. The lowest BCUT2D eigenvalue weighted by Crippen LogP contribution is -1.90. The van der Waals surface area contributed by atoms with Gasteiger partial charge in [-0.3, -0.25) is 4.79 Å². The van der Waals surface area contributed by atoms with Gasteiger partial charge < -0.3 is 4.74 Å². The van der Waals surface area contributed by atoms with Crippen LogP contribution in [0.4, 0.5) is 0 Å². The first-order valence-electron chi connectivity index (χ1n) is 4.54. The van der Waals surface area contributed by atoms with E-state index in [0.29, 0.717) is 21.5 Å². The second-order valence-electron chi connectivity index (χ2n) is 3.03. The maximum atomic E-state index is 11.1. The Labute approximate surface area is 96.2 Å². The van der Waals surface area contributed by atoms with Crippen molar-refractivity contribution in [2.45, 2.75) is 6.92 Å². The summed E-state index contributed by atoms with van der Waals surface area (Å²) in [4.78, 5) is 23.9. The first-order valence-corrected chi connectivity index (χ1v) is 5.35. The van der Waals surface area contributed by atoms with E-state index in [2.05, 4.69) is 15.0 Å². The van der Waals surface area contributed by atoms with E-state index >= 15 is 0 Å². The molecule has 0 aliphatic rings. The predicted octanol–water partition coefficient (Wildman–Crippen LogP) is 1.81. The van der Waals surface area contributed by atoms with Crippen molar-refractivity contribution in [1.29, 1.82) is 0 Å². The Morgan fingerprint density at radius 2 is 2.19 bits per heavy atom. The van der Waals surface area contributed by atoms with E-state index in [1.54, 1.807) is 12.3 Å². The number of Topliss-reactive ketones (excluding diaryl/α,β-unsaturated/α-hetero) is 1. The lowest BCUT2D eigenvalue weighted by Gasteiger charge is -1.98. The molecule has 0 atom stereocenters. The lowest BCUT2D eigenvalue weighted by molar-refractivity contribution is 0.102. The topological polar surface area (TPSA) is 65.0 Å². The average molecular weight is 235 g/mol. The van der Waals surface area contributed by atoms with E-state index in [-0.39, 0.29) is 5.78 Å². The first-order chi connectivity index (χ1) is 7.70. The third-order valence-electron chi connectivity index (χ3n) is 1.92. The fraction of sp³-hybridized carbons (Fsp3) is 0.200. The zero-order chi connectivity index (χ0) is 11.5. The number of carbonyl (C=O) groups excluding carboxylic acids is 1. The molecule has 0 aliphatic carbocycles. The van der Waals surface area contributed by atoms with Crippen LogP contribution in [0.1, 0.15) is 16.6 Å². The zero-order valence-corrected chi connectivity index (χ0v) is 9.61. The van der Waals surface area contributed by atoms with Gasteiger partial charge in [0.2, 0.25) is 5.88 Å². The number of rotatable bonds is 3. The highest BCUT2D eigenvalue weighted by Crippen LogP contribution is 2.25. The Morgan fingerprint density at radius 1 is 1.38 bits per heavy atom. The molecule has 6 heteroatoms. The number of nitrogens with zero attached hydrogens (tertiary/aromatic N) is 3. The van der Waals surface area contributed by atoms with Gasteiger partial charge in [-0.25, -0.2) is 15.0 Å². The summed E-state index contributed by atoms with van der Waals surface area (Å²) >= 11 is 1.31. The largest absolute Gasteiger partial charge is 0.481 e. The molecule has 0 aromatic carbocycles. The smallest absolute Gasteiger partial charge is 0.216 e. The fourth-order valence-electron chi connectivity index (χ4n) is 1.12. The molecular weight excluding hydrogens is 226 g/mol. The highest BCUT2D eigenvalue weighted by atomic mass is 32.1. The van der Waals surface area contributed by atoms with Crippen LogP contribution >= 0.6 is 11.3 Å². The van der Waals surface area contributed by atoms with Gasteiger partial charge in [-0.2, -0.15) is 0 Å². The molecule has 0 unspecified atom stereocenters. The molecule has 2 heterocycles. The van der Waals surface area contributed by atoms with Crippen molar-refractivity contribution in [2.75, 3.05) is 7.11 Å². The van der Waals surface area contributed by atoms with Gasteiger partial charge in [0.05, 0.1) is 12.0 Å². The number of hydrogen-bond donors (Lipinski definition) is 0. The predicted molar refractivity (Wildman–Crippen MR) is 59.7 cm³/mol. The number of carbonyl (C=O) groups is 1. The number of ether oxygens (including phenoxy) is 1. The van der Waals surface area contributed by atoms with Gasteiger partial charge in [-0.1, -0.05) is 0 Å². The van der Waals surface area contributed by atoms with Crippen LogP contribution in [-0.2, 0) is 0 Å². The van der Waals surface area contributed by atoms with Gasteiger partial charge in [0.15, 0.2) is 5.78 Å². The van der Waals surface area contributed by atoms with Crippen molar-refractivity contribution in [3.63, 3.8) is 0 Å². The molecule has 0 saturated heterocycles. The molecule has 0 aliphatic heterocycles. The van der Waals surface area contributed by atoms with Gasteiger partial charge in [0.25, 0.3) is 0 Å². The average Bonchev–Trinajstić information content (AvgIpc) is 2.78. The third kappa shape index (κ3) is 2.06. The summed E-state index contributed by atoms with van der Waals surface area (Å²) in [6, 6.07) is 1.68. The molecule has 2 aromatic heterocycles. The van der Waals surface area contributed by atoms with E-state index in [4.69, 9.17) is 4.74 Å². The van der Waals surface area contributed by atoms with E-state index in [0.717, 1.165) is 0 Å². The zero-order valence-electron chi connectivity index (χ0n) is 8.80. The van der Waals surface area contributed by atoms with Crippen LogP contribution in [0.2, 0.25) is 0 Å². The Hall–Kier alpha value is -1.82. The molecule has 0 spiro atoms. The van der Waals surface area contributed by atoms with Gasteiger partial charge in [0.1, 0.15) is 17.0 Å². The molecule has 0 saturated carbocycles. The van der Waals surface area contributed by atoms with E-state index in [9.17, 15) is 4.79 Å². The minimum absolute atomic E-state index is 0.00442. The Morgan fingerprint density at radius 3 is 2.81 bits per heavy atom. The second-order valence-corrected chi connectivity index (χ2v) is 4.06. The standard InChI is InChI=1S/C10H9N3O2S/c1-6(14)8-4-11-10(16-8)7-3-9(15-2)13-5-12-7/h3-5H,1-2H3. The summed E-state index contributed by atoms with van der Waals surface area (Å²) < 4.78 is 4.99. The van der Waals surface area contributed by atoms with Crippen LogP contribution < -0.4 is 4.74 Å². The van der Waals surface area contributed by atoms with Gasteiger partial charge in [-0.05, 0) is 0 Å². The van der Waals surface area contributed by atoms with Crippen LogP contribution in [-0.4, -0.2) is 27.8 Å². The van der Waals surface area contributed by atoms with Crippen LogP contribution in [0.5, 0.6) is 5.88 Å². The molecule has 0 radical (unpaired) electrons. The molecule has 0 amide bonds. The van der Waals surface area contributed by atoms with Crippen LogP contribution in [0.15, 0.2) is 18.6 Å². The van der Waals surface area contributed by atoms with Crippen LogP contribution in [0, 0.1) is 0 Å². The van der Waals surface area contributed by atoms with Gasteiger partial charge >= 0.3 is 0 Å². The number of hydrogen-bond acceptors (Lipinski definition) is 6. The minimum Gasteiger partial charge on any atom is -0.481 e. The van der Waals surface area contributed by atoms with Crippen molar-refractivity contribution >= 4 is 17.1 Å².